The highest BCUT2D eigenvalue weighted by molar-refractivity contribution is 7.92. The number of ether oxygens (including phenoxy) is 1. The molecule has 1 amide bonds. The standard InChI is InChI=1S/C20H26N4O4S/c1-16-3-5-19(6-4-16)29(26,27)23(2)18-13-17(14-21-15-18)20(25)22-7-8-24-9-11-28-12-10-24/h3-6,13-15H,7-12H2,1-2H3,(H,22,25). The Kier molecular flexibility index (Phi) is 6.83. The van der Waals surface area contributed by atoms with E-state index in [2.05, 4.69) is 15.2 Å². The zero-order chi connectivity index (χ0) is 20.9. The van der Waals surface area contributed by atoms with Crippen LogP contribution in [0.5, 0.6) is 0 Å². The molecule has 1 fully saturated rings. The van der Waals surface area contributed by atoms with Crippen LogP contribution in [0.3, 0.4) is 0 Å². The Balaban J connectivity index is 1.66. The summed E-state index contributed by atoms with van der Waals surface area (Å²) in [6.45, 7) is 6.27. The maximum Gasteiger partial charge on any atom is 0.264 e. The number of rotatable bonds is 7. The lowest BCUT2D eigenvalue weighted by Gasteiger charge is -2.26. The molecule has 0 unspecified atom stereocenters. The number of benzene rings is 1. The van der Waals surface area contributed by atoms with Crippen LogP contribution in [0.25, 0.3) is 0 Å². The van der Waals surface area contributed by atoms with Gasteiger partial charge in [0.15, 0.2) is 0 Å². The van der Waals surface area contributed by atoms with E-state index in [1.165, 1.54) is 25.5 Å². The predicted octanol–water partition coefficient (Wildman–Crippen LogP) is 1.28. The van der Waals surface area contributed by atoms with Gasteiger partial charge in [-0.15, -0.1) is 0 Å². The van der Waals surface area contributed by atoms with Crippen molar-refractivity contribution in [1.29, 1.82) is 0 Å². The number of nitrogens with zero attached hydrogens (tertiary/aromatic N) is 3. The summed E-state index contributed by atoms with van der Waals surface area (Å²) in [4.78, 5) is 18.9. The second-order valence-corrected chi connectivity index (χ2v) is 8.90. The van der Waals surface area contributed by atoms with Crippen molar-refractivity contribution in [2.75, 3.05) is 50.7 Å². The van der Waals surface area contributed by atoms with Crippen molar-refractivity contribution in [3.63, 3.8) is 0 Å². The van der Waals surface area contributed by atoms with Gasteiger partial charge in [-0.3, -0.25) is 19.0 Å². The number of anilines is 1. The third kappa shape index (κ3) is 5.31. The number of hydrogen-bond donors (Lipinski definition) is 1. The summed E-state index contributed by atoms with van der Waals surface area (Å²) in [6, 6.07) is 8.16. The minimum absolute atomic E-state index is 0.186. The third-order valence-corrected chi connectivity index (χ3v) is 6.65. The van der Waals surface area contributed by atoms with Crippen LogP contribution in [0.15, 0.2) is 47.6 Å². The van der Waals surface area contributed by atoms with E-state index in [1.807, 2.05) is 6.92 Å². The molecular formula is C20H26N4O4S. The van der Waals surface area contributed by atoms with Gasteiger partial charge < -0.3 is 10.1 Å². The lowest BCUT2D eigenvalue weighted by molar-refractivity contribution is 0.0383. The number of carbonyl (C=O) groups is 1. The normalized spacial score (nSPS) is 15.1. The number of pyridine rings is 1. The number of nitrogens with one attached hydrogen (secondary N) is 1. The van der Waals surface area contributed by atoms with Gasteiger partial charge in [0, 0.05) is 39.4 Å². The number of aryl methyl sites for hydroxylation is 1. The molecule has 1 aromatic heterocycles. The van der Waals surface area contributed by atoms with E-state index in [-0.39, 0.29) is 10.8 Å². The minimum Gasteiger partial charge on any atom is -0.379 e. The second-order valence-electron chi connectivity index (χ2n) is 6.93. The average Bonchev–Trinajstić information content (AvgIpc) is 2.74. The van der Waals surface area contributed by atoms with Crippen molar-refractivity contribution in [3.05, 3.63) is 53.9 Å². The molecule has 29 heavy (non-hydrogen) atoms. The fourth-order valence-electron chi connectivity index (χ4n) is 2.99. The Morgan fingerprint density at radius 1 is 1.21 bits per heavy atom. The zero-order valence-electron chi connectivity index (χ0n) is 16.7. The monoisotopic (exact) mass is 418 g/mol. The van der Waals surface area contributed by atoms with Gasteiger partial charge in [0.25, 0.3) is 15.9 Å². The van der Waals surface area contributed by atoms with E-state index in [9.17, 15) is 13.2 Å². The molecule has 0 aliphatic carbocycles. The quantitative estimate of drug-likeness (QED) is 0.728. The highest BCUT2D eigenvalue weighted by atomic mass is 32.2. The molecule has 2 heterocycles. The Labute approximate surface area is 171 Å². The molecule has 0 atom stereocenters. The number of morpholine rings is 1. The molecule has 156 valence electrons. The summed E-state index contributed by atoms with van der Waals surface area (Å²) < 4.78 is 32.1. The fraction of sp³-hybridized carbons (Fsp3) is 0.400. The van der Waals surface area contributed by atoms with Crippen LogP contribution in [0.2, 0.25) is 0 Å². The third-order valence-electron chi connectivity index (χ3n) is 4.85. The summed E-state index contributed by atoms with van der Waals surface area (Å²) in [5.74, 6) is -0.284. The lowest BCUT2D eigenvalue weighted by Crippen LogP contribution is -2.41. The van der Waals surface area contributed by atoms with E-state index in [0.29, 0.717) is 31.0 Å². The van der Waals surface area contributed by atoms with Gasteiger partial charge in [0.2, 0.25) is 0 Å². The van der Waals surface area contributed by atoms with E-state index in [0.717, 1.165) is 29.5 Å². The first kappa shape index (κ1) is 21.2. The largest absolute Gasteiger partial charge is 0.379 e. The van der Waals surface area contributed by atoms with Crippen molar-refractivity contribution < 1.29 is 17.9 Å². The van der Waals surface area contributed by atoms with Crippen LogP contribution in [0.4, 0.5) is 5.69 Å². The summed E-state index contributed by atoms with van der Waals surface area (Å²) in [7, 11) is -2.29. The second kappa shape index (κ2) is 9.34. The Morgan fingerprint density at radius 2 is 1.90 bits per heavy atom. The lowest BCUT2D eigenvalue weighted by atomic mass is 10.2. The highest BCUT2D eigenvalue weighted by Gasteiger charge is 2.22. The van der Waals surface area contributed by atoms with Crippen molar-refractivity contribution in [2.24, 2.45) is 0 Å². The van der Waals surface area contributed by atoms with Crippen molar-refractivity contribution in [3.8, 4) is 0 Å². The van der Waals surface area contributed by atoms with Crippen LogP contribution >= 0.6 is 0 Å². The van der Waals surface area contributed by atoms with Gasteiger partial charge in [-0.05, 0) is 25.1 Å². The van der Waals surface area contributed by atoms with Crippen LogP contribution in [-0.4, -0.2) is 70.6 Å². The van der Waals surface area contributed by atoms with Gasteiger partial charge in [0.1, 0.15) is 0 Å². The zero-order valence-corrected chi connectivity index (χ0v) is 17.5. The summed E-state index contributed by atoms with van der Waals surface area (Å²) in [6.07, 6.45) is 2.86. The van der Waals surface area contributed by atoms with E-state index < -0.39 is 10.0 Å². The van der Waals surface area contributed by atoms with E-state index in [1.54, 1.807) is 24.3 Å². The number of hydrogen-bond acceptors (Lipinski definition) is 6. The summed E-state index contributed by atoms with van der Waals surface area (Å²) in [5, 5.41) is 2.86. The van der Waals surface area contributed by atoms with Gasteiger partial charge in [-0.1, -0.05) is 17.7 Å². The summed E-state index contributed by atoms with van der Waals surface area (Å²) in [5.41, 5.74) is 1.62. The van der Waals surface area contributed by atoms with Crippen LogP contribution in [0, 0.1) is 6.92 Å². The maximum absolute atomic E-state index is 12.9. The highest BCUT2D eigenvalue weighted by Crippen LogP contribution is 2.22. The van der Waals surface area contributed by atoms with E-state index >= 15 is 0 Å². The molecule has 1 aliphatic rings. The molecule has 1 N–H and O–H groups in total. The number of sulfonamides is 1. The first-order chi connectivity index (χ1) is 13.9. The Hall–Kier alpha value is -2.49. The molecule has 0 spiro atoms. The maximum atomic E-state index is 12.9. The predicted molar refractivity (Wildman–Crippen MR) is 111 cm³/mol. The Bertz CT molecular complexity index is 941. The van der Waals surface area contributed by atoms with Crippen molar-refractivity contribution in [2.45, 2.75) is 11.8 Å². The van der Waals surface area contributed by atoms with Gasteiger partial charge in [-0.25, -0.2) is 8.42 Å². The molecule has 1 aromatic carbocycles. The first-order valence-corrected chi connectivity index (χ1v) is 10.9. The first-order valence-electron chi connectivity index (χ1n) is 9.47. The smallest absolute Gasteiger partial charge is 0.264 e. The fourth-order valence-corrected chi connectivity index (χ4v) is 4.16. The number of amides is 1. The molecule has 0 saturated carbocycles. The molecule has 9 heteroatoms. The molecule has 0 bridgehead atoms. The van der Waals surface area contributed by atoms with Crippen LogP contribution in [-0.2, 0) is 14.8 Å². The number of aromatic nitrogens is 1. The van der Waals surface area contributed by atoms with Crippen molar-refractivity contribution >= 4 is 21.6 Å². The van der Waals surface area contributed by atoms with Gasteiger partial charge in [0.05, 0.1) is 35.6 Å². The van der Waals surface area contributed by atoms with Gasteiger partial charge in [-0.2, -0.15) is 0 Å². The van der Waals surface area contributed by atoms with Crippen LogP contribution in [0.1, 0.15) is 15.9 Å². The molecule has 0 radical (unpaired) electrons. The van der Waals surface area contributed by atoms with Crippen molar-refractivity contribution in [1.82, 2.24) is 15.2 Å². The molecule has 1 saturated heterocycles. The van der Waals surface area contributed by atoms with Gasteiger partial charge >= 0.3 is 0 Å². The molecular weight excluding hydrogens is 392 g/mol. The molecule has 1 aliphatic heterocycles. The average molecular weight is 419 g/mol. The Morgan fingerprint density at radius 3 is 2.59 bits per heavy atom. The van der Waals surface area contributed by atoms with Crippen LogP contribution < -0.4 is 9.62 Å². The topological polar surface area (TPSA) is 91.8 Å². The molecule has 2 aromatic rings. The van der Waals surface area contributed by atoms with E-state index in [4.69, 9.17) is 4.74 Å². The summed E-state index contributed by atoms with van der Waals surface area (Å²) >= 11 is 0. The number of carbonyl (C=O) groups excluding carboxylic acids is 1. The minimum atomic E-state index is -3.74. The molecule has 3 rings (SSSR count). The SMILES string of the molecule is Cc1ccc(S(=O)(=O)N(C)c2cncc(C(=O)NCCN3CCOCC3)c2)cc1. The molecule has 8 nitrogen and oxygen atoms in total.